The number of rotatable bonds is 3. The summed E-state index contributed by atoms with van der Waals surface area (Å²) < 4.78 is 0. The summed E-state index contributed by atoms with van der Waals surface area (Å²) in [6.07, 6.45) is 2.82. The maximum absolute atomic E-state index is 12.1. The molecule has 0 radical (unpaired) electrons. The molecule has 1 amide bonds. The van der Waals surface area contributed by atoms with Crippen LogP contribution in [-0.2, 0) is 0 Å². The number of amides is 1. The number of aromatic nitrogens is 1. The first-order valence-corrected chi connectivity index (χ1v) is 8.04. The quantitative estimate of drug-likeness (QED) is 0.909. The highest BCUT2D eigenvalue weighted by Gasteiger charge is 2.24. The molecule has 1 aliphatic carbocycles. The van der Waals surface area contributed by atoms with Gasteiger partial charge in [-0.15, -0.1) is 35.1 Å². The van der Waals surface area contributed by atoms with Gasteiger partial charge in [-0.2, -0.15) is 0 Å². The minimum atomic E-state index is -0.0850. The number of carbonyl (C=O) groups excluding carboxylic acids is 1. The molecular weight excluding hydrogens is 314 g/mol. The highest BCUT2D eigenvalue weighted by atomic mass is 35.5. The molecule has 3 rings (SSSR count). The second-order valence-corrected chi connectivity index (χ2v) is 6.56. The van der Waals surface area contributed by atoms with Crippen LogP contribution in [-0.4, -0.2) is 23.0 Å². The van der Waals surface area contributed by atoms with E-state index in [1.165, 1.54) is 11.3 Å². The Balaban J connectivity index is 0.00000147. The van der Waals surface area contributed by atoms with Crippen LogP contribution in [0.15, 0.2) is 22.9 Å². The third kappa shape index (κ3) is 3.38. The summed E-state index contributed by atoms with van der Waals surface area (Å²) in [6.45, 7) is 0. The number of thiazole rings is 1. The van der Waals surface area contributed by atoms with E-state index in [0.717, 1.165) is 29.1 Å². The monoisotopic (exact) mass is 329 g/mol. The van der Waals surface area contributed by atoms with Crippen molar-refractivity contribution in [3.05, 3.63) is 28.6 Å². The van der Waals surface area contributed by atoms with E-state index in [1.807, 2.05) is 22.9 Å². The van der Waals surface area contributed by atoms with E-state index < -0.39 is 0 Å². The van der Waals surface area contributed by atoms with Gasteiger partial charge >= 0.3 is 0 Å². The average molecular weight is 330 g/mol. The lowest BCUT2D eigenvalue weighted by Gasteiger charge is -2.10. The highest BCUT2D eigenvalue weighted by Crippen LogP contribution is 2.28. The Morgan fingerprint density at radius 3 is 2.90 bits per heavy atom. The van der Waals surface area contributed by atoms with Crippen LogP contribution in [0.2, 0.25) is 0 Å². The summed E-state index contributed by atoms with van der Waals surface area (Å²) in [5, 5.41) is 7.75. The Hall–Kier alpha value is -0.950. The molecule has 2 atom stereocenters. The van der Waals surface area contributed by atoms with Crippen molar-refractivity contribution in [2.45, 2.75) is 31.3 Å². The summed E-state index contributed by atoms with van der Waals surface area (Å²) in [5.41, 5.74) is 6.35. The van der Waals surface area contributed by atoms with Crippen LogP contribution in [0, 0.1) is 0 Å². The number of nitrogens with two attached hydrogens (primary N) is 1. The van der Waals surface area contributed by atoms with Crippen molar-refractivity contribution >= 4 is 41.0 Å². The molecule has 2 heterocycles. The molecule has 0 aromatic carbocycles. The maximum Gasteiger partial charge on any atom is 0.270 e. The lowest BCUT2D eigenvalue weighted by atomic mass is 10.2. The molecule has 3 N–H and O–H groups in total. The van der Waals surface area contributed by atoms with Crippen LogP contribution < -0.4 is 11.1 Å². The Labute approximate surface area is 131 Å². The van der Waals surface area contributed by atoms with Gasteiger partial charge in [0.15, 0.2) is 0 Å². The first-order valence-electron chi connectivity index (χ1n) is 6.28. The van der Waals surface area contributed by atoms with Gasteiger partial charge < -0.3 is 11.1 Å². The van der Waals surface area contributed by atoms with Gasteiger partial charge in [0, 0.05) is 17.5 Å². The summed E-state index contributed by atoms with van der Waals surface area (Å²) >= 11 is 3.14. The van der Waals surface area contributed by atoms with Crippen LogP contribution in [0.3, 0.4) is 0 Å². The fraction of sp³-hybridized carbons (Fsp3) is 0.385. The predicted octanol–water partition coefficient (Wildman–Crippen LogP) is 2.90. The van der Waals surface area contributed by atoms with Crippen molar-refractivity contribution in [2.24, 2.45) is 5.73 Å². The molecule has 7 heteroatoms. The number of carbonyl (C=O) groups is 1. The zero-order valence-electron chi connectivity index (χ0n) is 10.7. The molecule has 0 spiro atoms. The van der Waals surface area contributed by atoms with E-state index in [1.54, 1.807) is 11.3 Å². The molecule has 1 saturated carbocycles. The van der Waals surface area contributed by atoms with Crippen LogP contribution in [0.4, 0.5) is 0 Å². The van der Waals surface area contributed by atoms with Gasteiger partial charge in [-0.1, -0.05) is 6.07 Å². The molecule has 1 aliphatic rings. The normalized spacial score (nSPS) is 21.4. The minimum Gasteiger partial charge on any atom is -0.348 e. The number of halogens is 1. The zero-order valence-corrected chi connectivity index (χ0v) is 13.2. The standard InChI is InChI=1S/C13H15N3OS2.ClH/c14-8-3-4-9(6-8)15-12(17)10-7-19-13(16-10)11-2-1-5-18-11;/h1-2,5,7-9H,3-4,6,14H2,(H,15,17);1H/t8-,9-;/m1./s1. The second-order valence-electron chi connectivity index (χ2n) is 4.76. The Morgan fingerprint density at radius 2 is 2.25 bits per heavy atom. The Morgan fingerprint density at radius 1 is 1.40 bits per heavy atom. The summed E-state index contributed by atoms with van der Waals surface area (Å²) in [5.74, 6) is -0.0850. The van der Waals surface area contributed by atoms with Crippen molar-refractivity contribution in [3.8, 4) is 9.88 Å². The number of hydrogen-bond acceptors (Lipinski definition) is 5. The third-order valence-corrected chi connectivity index (χ3v) is 5.16. The van der Waals surface area contributed by atoms with E-state index in [2.05, 4.69) is 10.3 Å². The van der Waals surface area contributed by atoms with Crippen LogP contribution in [0.5, 0.6) is 0 Å². The molecule has 2 aromatic heterocycles. The van der Waals surface area contributed by atoms with Gasteiger partial charge in [-0.25, -0.2) is 4.98 Å². The van der Waals surface area contributed by atoms with Crippen molar-refractivity contribution in [1.29, 1.82) is 0 Å². The first-order chi connectivity index (χ1) is 9.22. The smallest absolute Gasteiger partial charge is 0.270 e. The van der Waals surface area contributed by atoms with Crippen LogP contribution >= 0.6 is 35.1 Å². The molecule has 0 bridgehead atoms. The fourth-order valence-electron chi connectivity index (χ4n) is 2.30. The summed E-state index contributed by atoms with van der Waals surface area (Å²) in [6, 6.07) is 4.43. The van der Waals surface area contributed by atoms with Gasteiger partial charge in [-0.05, 0) is 30.7 Å². The second kappa shape index (κ2) is 6.67. The van der Waals surface area contributed by atoms with Crippen molar-refractivity contribution in [3.63, 3.8) is 0 Å². The topological polar surface area (TPSA) is 68.0 Å². The lowest BCUT2D eigenvalue weighted by molar-refractivity contribution is 0.0933. The molecule has 1 fully saturated rings. The predicted molar refractivity (Wildman–Crippen MR) is 85.8 cm³/mol. The maximum atomic E-state index is 12.1. The van der Waals surface area contributed by atoms with E-state index in [9.17, 15) is 4.79 Å². The van der Waals surface area contributed by atoms with Crippen molar-refractivity contribution in [1.82, 2.24) is 10.3 Å². The van der Waals surface area contributed by atoms with Gasteiger partial charge in [0.25, 0.3) is 5.91 Å². The van der Waals surface area contributed by atoms with Gasteiger partial charge in [0.05, 0.1) is 4.88 Å². The molecule has 108 valence electrons. The highest BCUT2D eigenvalue weighted by molar-refractivity contribution is 7.20. The molecule has 0 saturated heterocycles. The SMILES string of the molecule is Cl.N[C@@H]1CC[C@@H](NC(=O)c2csc(-c3cccs3)n2)C1. The lowest BCUT2D eigenvalue weighted by Crippen LogP contribution is -2.34. The number of nitrogens with zero attached hydrogens (tertiary/aromatic N) is 1. The molecule has 4 nitrogen and oxygen atoms in total. The van der Waals surface area contributed by atoms with E-state index in [-0.39, 0.29) is 30.4 Å². The van der Waals surface area contributed by atoms with E-state index in [0.29, 0.717) is 5.69 Å². The Kier molecular flexibility index (Phi) is 5.15. The van der Waals surface area contributed by atoms with Crippen LogP contribution in [0.1, 0.15) is 29.8 Å². The summed E-state index contributed by atoms with van der Waals surface area (Å²) in [4.78, 5) is 17.6. The molecular formula is C13H16ClN3OS2. The van der Waals surface area contributed by atoms with Gasteiger partial charge in [-0.3, -0.25) is 4.79 Å². The fourth-order valence-corrected chi connectivity index (χ4v) is 3.91. The Bertz CT molecular complexity index is 570. The largest absolute Gasteiger partial charge is 0.348 e. The number of nitrogens with one attached hydrogen (secondary N) is 1. The van der Waals surface area contributed by atoms with Crippen molar-refractivity contribution < 1.29 is 4.79 Å². The van der Waals surface area contributed by atoms with Crippen molar-refractivity contribution in [2.75, 3.05) is 0 Å². The molecule has 2 aromatic rings. The summed E-state index contributed by atoms with van der Waals surface area (Å²) in [7, 11) is 0. The van der Waals surface area contributed by atoms with Gasteiger partial charge in [0.1, 0.15) is 10.7 Å². The minimum absolute atomic E-state index is 0. The first kappa shape index (κ1) is 15.4. The molecule has 20 heavy (non-hydrogen) atoms. The third-order valence-electron chi connectivity index (χ3n) is 3.28. The number of thiophene rings is 1. The van der Waals surface area contributed by atoms with Crippen LogP contribution in [0.25, 0.3) is 9.88 Å². The van der Waals surface area contributed by atoms with E-state index >= 15 is 0 Å². The van der Waals surface area contributed by atoms with Gasteiger partial charge in [0.2, 0.25) is 0 Å². The average Bonchev–Trinajstić information content (AvgIpc) is 3.08. The molecule has 0 unspecified atom stereocenters. The zero-order chi connectivity index (χ0) is 13.2. The molecule has 0 aliphatic heterocycles. The van der Waals surface area contributed by atoms with E-state index in [4.69, 9.17) is 5.73 Å². The number of hydrogen-bond donors (Lipinski definition) is 2.